The highest BCUT2D eigenvalue weighted by molar-refractivity contribution is 7.08. The molecule has 0 aliphatic heterocycles. The number of nitrogens with two attached hydrogens (primary N) is 1. The number of benzene rings is 1. The number of carbonyl (C=O) groups excluding carboxylic acids is 1. The number of thiophene rings is 1. The summed E-state index contributed by atoms with van der Waals surface area (Å²) in [7, 11) is 0. The number of aromatic nitrogens is 2. The van der Waals surface area contributed by atoms with Crippen molar-refractivity contribution in [2.75, 3.05) is 5.32 Å². The predicted octanol–water partition coefficient (Wildman–Crippen LogP) is 4.02. The molecular weight excluding hydrogens is 332 g/mol. The maximum atomic E-state index is 11.3. The lowest BCUT2D eigenvalue weighted by Gasteiger charge is -2.19. The van der Waals surface area contributed by atoms with Gasteiger partial charge in [0, 0.05) is 23.6 Å². The van der Waals surface area contributed by atoms with Crippen LogP contribution in [0.2, 0.25) is 0 Å². The van der Waals surface area contributed by atoms with Gasteiger partial charge in [0.25, 0.3) is 0 Å². The van der Waals surface area contributed by atoms with Crippen LogP contribution < -0.4 is 11.1 Å². The quantitative estimate of drug-likeness (QED) is 0.743. The Labute approximate surface area is 150 Å². The number of nitrogens with zero attached hydrogens (tertiary/aromatic N) is 2. The van der Waals surface area contributed by atoms with Gasteiger partial charge >= 0.3 is 0 Å². The molecule has 128 valence electrons. The summed E-state index contributed by atoms with van der Waals surface area (Å²) in [5.41, 5.74) is 10.5. The first-order valence-electron chi connectivity index (χ1n) is 7.92. The van der Waals surface area contributed by atoms with Gasteiger partial charge in [0.2, 0.25) is 5.91 Å². The van der Waals surface area contributed by atoms with Crippen LogP contribution in [0.3, 0.4) is 0 Å². The molecule has 3 aromatic rings. The van der Waals surface area contributed by atoms with E-state index in [2.05, 4.69) is 20.9 Å². The van der Waals surface area contributed by atoms with Gasteiger partial charge in [0.05, 0.1) is 0 Å². The van der Waals surface area contributed by atoms with Crippen molar-refractivity contribution in [2.45, 2.75) is 26.3 Å². The fraction of sp³-hybridized carbons (Fsp3) is 0.211. The summed E-state index contributed by atoms with van der Waals surface area (Å²) in [4.78, 5) is 11.3. The summed E-state index contributed by atoms with van der Waals surface area (Å²) < 4.78 is 0. The lowest BCUT2D eigenvalue weighted by molar-refractivity contribution is -0.114. The fourth-order valence-electron chi connectivity index (χ4n) is 2.54. The Morgan fingerprint density at radius 1 is 1.12 bits per heavy atom. The van der Waals surface area contributed by atoms with E-state index in [0.29, 0.717) is 5.82 Å². The monoisotopic (exact) mass is 352 g/mol. The highest BCUT2D eigenvalue weighted by Gasteiger charge is 2.16. The van der Waals surface area contributed by atoms with Gasteiger partial charge in [-0.2, -0.15) is 11.3 Å². The van der Waals surface area contributed by atoms with Crippen LogP contribution in [-0.4, -0.2) is 16.1 Å². The highest BCUT2D eigenvalue weighted by atomic mass is 32.1. The number of amides is 1. The fourth-order valence-corrected chi connectivity index (χ4v) is 3.20. The van der Waals surface area contributed by atoms with Gasteiger partial charge in [-0.3, -0.25) is 4.79 Å². The minimum Gasteiger partial charge on any atom is -0.322 e. The molecule has 1 amide bonds. The zero-order valence-electron chi connectivity index (χ0n) is 14.4. The first-order valence-corrected chi connectivity index (χ1v) is 8.86. The Bertz CT molecular complexity index is 881. The molecule has 0 spiro atoms. The van der Waals surface area contributed by atoms with Crippen molar-refractivity contribution in [2.24, 2.45) is 5.73 Å². The molecule has 3 N–H and O–H groups in total. The summed E-state index contributed by atoms with van der Waals surface area (Å²) in [6, 6.07) is 11.9. The van der Waals surface area contributed by atoms with E-state index in [4.69, 9.17) is 5.73 Å². The van der Waals surface area contributed by atoms with E-state index in [-0.39, 0.29) is 5.91 Å². The number of carbonyl (C=O) groups is 1. The number of anilines is 1. The third-order valence-electron chi connectivity index (χ3n) is 3.83. The van der Waals surface area contributed by atoms with Gasteiger partial charge in [0.1, 0.15) is 5.69 Å². The molecule has 0 aliphatic carbocycles. The molecule has 5 nitrogen and oxygen atoms in total. The third kappa shape index (κ3) is 3.92. The topological polar surface area (TPSA) is 80.9 Å². The number of hydrogen-bond acceptors (Lipinski definition) is 5. The maximum absolute atomic E-state index is 11.3. The van der Waals surface area contributed by atoms with Crippen LogP contribution >= 0.6 is 11.3 Å². The van der Waals surface area contributed by atoms with E-state index in [1.807, 2.05) is 55.6 Å². The van der Waals surface area contributed by atoms with E-state index in [1.165, 1.54) is 6.92 Å². The normalized spacial score (nSPS) is 11.4. The van der Waals surface area contributed by atoms with Crippen molar-refractivity contribution >= 4 is 23.1 Å². The van der Waals surface area contributed by atoms with Gasteiger partial charge in [0.15, 0.2) is 5.82 Å². The molecular formula is C19H20N4OS. The second-order valence-corrected chi connectivity index (χ2v) is 7.26. The minimum absolute atomic E-state index is 0.173. The van der Waals surface area contributed by atoms with Crippen LogP contribution in [-0.2, 0) is 10.3 Å². The lowest BCUT2D eigenvalue weighted by atomic mass is 9.93. The molecule has 0 fully saturated rings. The molecule has 2 aromatic heterocycles. The Kier molecular flexibility index (Phi) is 4.65. The first kappa shape index (κ1) is 17.3. The Morgan fingerprint density at radius 2 is 1.84 bits per heavy atom. The molecule has 0 atom stereocenters. The largest absolute Gasteiger partial charge is 0.322 e. The van der Waals surface area contributed by atoms with Gasteiger partial charge < -0.3 is 11.1 Å². The average Bonchev–Trinajstić information content (AvgIpc) is 3.08. The van der Waals surface area contributed by atoms with Gasteiger partial charge in [-0.1, -0.05) is 24.3 Å². The van der Waals surface area contributed by atoms with Crippen LogP contribution in [0.4, 0.5) is 5.82 Å². The Morgan fingerprint density at radius 3 is 2.40 bits per heavy atom. The summed E-state index contributed by atoms with van der Waals surface area (Å²) in [6.45, 7) is 5.40. The summed E-state index contributed by atoms with van der Waals surface area (Å²) in [5, 5.41) is 15.2. The molecule has 0 saturated heterocycles. The zero-order chi connectivity index (χ0) is 18.0. The predicted molar refractivity (Wildman–Crippen MR) is 102 cm³/mol. The smallest absolute Gasteiger partial charge is 0.222 e. The molecule has 3 rings (SSSR count). The van der Waals surface area contributed by atoms with Crippen LogP contribution in [0, 0.1) is 0 Å². The summed E-state index contributed by atoms with van der Waals surface area (Å²) in [6.07, 6.45) is 0. The summed E-state index contributed by atoms with van der Waals surface area (Å²) >= 11 is 1.61. The maximum Gasteiger partial charge on any atom is 0.222 e. The average molecular weight is 352 g/mol. The zero-order valence-corrected chi connectivity index (χ0v) is 15.2. The van der Waals surface area contributed by atoms with E-state index in [0.717, 1.165) is 27.9 Å². The third-order valence-corrected chi connectivity index (χ3v) is 4.52. The van der Waals surface area contributed by atoms with Crippen molar-refractivity contribution in [3.8, 4) is 22.4 Å². The van der Waals surface area contributed by atoms with Gasteiger partial charge in [-0.05, 0) is 47.9 Å². The van der Waals surface area contributed by atoms with E-state index < -0.39 is 5.54 Å². The van der Waals surface area contributed by atoms with Crippen LogP contribution in [0.15, 0.2) is 47.2 Å². The molecule has 1 aromatic carbocycles. The Balaban J connectivity index is 2.07. The van der Waals surface area contributed by atoms with Crippen LogP contribution in [0.25, 0.3) is 22.4 Å². The van der Waals surface area contributed by atoms with E-state index in [1.54, 1.807) is 11.3 Å². The van der Waals surface area contributed by atoms with E-state index in [9.17, 15) is 4.79 Å². The van der Waals surface area contributed by atoms with Crippen molar-refractivity contribution in [1.82, 2.24) is 10.2 Å². The number of nitrogens with one attached hydrogen (secondary N) is 1. The highest BCUT2D eigenvalue weighted by Crippen LogP contribution is 2.33. The molecule has 0 saturated carbocycles. The molecule has 2 heterocycles. The Hall–Kier alpha value is -2.57. The number of hydrogen-bond donors (Lipinski definition) is 2. The van der Waals surface area contributed by atoms with Gasteiger partial charge in [-0.25, -0.2) is 0 Å². The SMILES string of the molecule is CC(=O)Nc1cc(-c2ccsc2)c(-c2ccc(C(C)(C)N)cc2)nn1. The summed E-state index contributed by atoms with van der Waals surface area (Å²) in [5.74, 6) is 0.269. The first-order chi connectivity index (χ1) is 11.8. The molecule has 0 aliphatic rings. The molecule has 0 unspecified atom stereocenters. The van der Waals surface area contributed by atoms with E-state index >= 15 is 0 Å². The van der Waals surface area contributed by atoms with Crippen molar-refractivity contribution in [3.63, 3.8) is 0 Å². The lowest BCUT2D eigenvalue weighted by Crippen LogP contribution is -2.28. The van der Waals surface area contributed by atoms with Crippen LogP contribution in [0.5, 0.6) is 0 Å². The molecule has 25 heavy (non-hydrogen) atoms. The molecule has 6 heteroatoms. The second kappa shape index (κ2) is 6.74. The van der Waals surface area contributed by atoms with Gasteiger partial charge in [-0.15, -0.1) is 10.2 Å². The molecule has 0 bridgehead atoms. The van der Waals surface area contributed by atoms with Crippen molar-refractivity contribution in [3.05, 3.63) is 52.7 Å². The molecule has 0 radical (unpaired) electrons. The standard InChI is InChI=1S/C19H20N4OS/c1-12(24)21-17-10-16(14-8-9-25-11-14)18(23-22-17)13-4-6-15(7-5-13)19(2,3)20/h4-11H,20H2,1-3H3,(H,21,22,24). The van der Waals surface area contributed by atoms with Crippen molar-refractivity contribution < 1.29 is 4.79 Å². The number of rotatable bonds is 4. The second-order valence-electron chi connectivity index (χ2n) is 6.48. The van der Waals surface area contributed by atoms with Crippen LogP contribution in [0.1, 0.15) is 26.3 Å². The van der Waals surface area contributed by atoms with Crippen molar-refractivity contribution in [1.29, 1.82) is 0 Å². The minimum atomic E-state index is -0.393.